The van der Waals surface area contributed by atoms with E-state index >= 15 is 0 Å². The number of carbonyl (C=O) groups excluding carboxylic acids is 1. The van der Waals surface area contributed by atoms with E-state index in [2.05, 4.69) is 22.0 Å². The van der Waals surface area contributed by atoms with E-state index in [9.17, 15) is 4.79 Å². The Balaban J connectivity index is 1.85. The van der Waals surface area contributed by atoms with E-state index in [0.29, 0.717) is 23.7 Å². The normalized spacial score (nSPS) is 13.5. The largest absolute Gasteiger partial charge is 0.330 e. The van der Waals surface area contributed by atoms with Crippen molar-refractivity contribution in [3.05, 3.63) is 68.7 Å². The predicted molar refractivity (Wildman–Crippen MR) is 79.2 cm³/mol. The fourth-order valence-electron chi connectivity index (χ4n) is 2.30. The molecule has 2 aromatic rings. The van der Waals surface area contributed by atoms with E-state index < -0.39 is 0 Å². The molecule has 0 aliphatic carbocycles. The number of hydrogen-bond donors (Lipinski definition) is 0. The highest BCUT2D eigenvalue weighted by Gasteiger charge is 2.25. The van der Waals surface area contributed by atoms with Gasteiger partial charge < -0.3 is 4.90 Å². The maximum absolute atomic E-state index is 12.4. The van der Waals surface area contributed by atoms with Crippen molar-refractivity contribution in [3.8, 4) is 0 Å². The van der Waals surface area contributed by atoms with Crippen LogP contribution in [0, 0.1) is 0 Å². The lowest BCUT2D eigenvalue weighted by Gasteiger charge is -2.15. The number of halogens is 2. The third-order valence-electron chi connectivity index (χ3n) is 3.30. The van der Waals surface area contributed by atoms with Gasteiger partial charge in [0, 0.05) is 28.1 Å². The van der Waals surface area contributed by atoms with Crippen molar-refractivity contribution in [1.82, 2.24) is 4.90 Å². The first kappa shape index (κ1) is 12.7. The van der Waals surface area contributed by atoms with Gasteiger partial charge in [-0.15, -0.1) is 0 Å². The highest BCUT2D eigenvalue weighted by atomic mass is 79.9. The Morgan fingerprint density at radius 1 is 1.11 bits per heavy atom. The maximum atomic E-state index is 12.4. The van der Waals surface area contributed by atoms with E-state index in [1.165, 1.54) is 11.1 Å². The van der Waals surface area contributed by atoms with Gasteiger partial charge in [-0.05, 0) is 41.5 Å². The summed E-state index contributed by atoms with van der Waals surface area (Å²) < 4.78 is 1.07. The summed E-state index contributed by atoms with van der Waals surface area (Å²) in [7, 11) is 0. The van der Waals surface area contributed by atoms with Crippen LogP contribution >= 0.6 is 27.5 Å². The molecule has 0 N–H and O–H groups in total. The van der Waals surface area contributed by atoms with Gasteiger partial charge >= 0.3 is 0 Å². The molecule has 19 heavy (non-hydrogen) atoms. The van der Waals surface area contributed by atoms with Crippen LogP contribution < -0.4 is 0 Å². The lowest BCUT2D eigenvalue weighted by molar-refractivity contribution is 0.0751. The lowest BCUT2D eigenvalue weighted by atomic mass is 10.1. The van der Waals surface area contributed by atoms with Crippen molar-refractivity contribution >= 4 is 33.4 Å². The van der Waals surface area contributed by atoms with Crippen LogP contribution in [0.2, 0.25) is 5.02 Å². The molecule has 2 aromatic carbocycles. The second-order valence-corrected chi connectivity index (χ2v) is 5.84. The van der Waals surface area contributed by atoms with Crippen LogP contribution in [-0.4, -0.2) is 10.8 Å². The van der Waals surface area contributed by atoms with Crippen molar-refractivity contribution in [3.63, 3.8) is 0 Å². The van der Waals surface area contributed by atoms with E-state index in [-0.39, 0.29) is 5.91 Å². The first-order valence-electron chi connectivity index (χ1n) is 5.96. The van der Waals surface area contributed by atoms with Crippen molar-refractivity contribution < 1.29 is 4.79 Å². The zero-order valence-electron chi connectivity index (χ0n) is 10.1. The molecule has 4 heteroatoms. The van der Waals surface area contributed by atoms with Crippen LogP contribution in [0.3, 0.4) is 0 Å². The van der Waals surface area contributed by atoms with Gasteiger partial charge in [-0.3, -0.25) is 4.79 Å². The average Bonchev–Trinajstić information content (AvgIpc) is 2.84. The maximum Gasteiger partial charge on any atom is 0.254 e. The van der Waals surface area contributed by atoms with Gasteiger partial charge in [0.25, 0.3) is 5.91 Å². The van der Waals surface area contributed by atoms with Crippen LogP contribution in [0.15, 0.2) is 46.9 Å². The van der Waals surface area contributed by atoms with Crippen LogP contribution in [0.5, 0.6) is 0 Å². The van der Waals surface area contributed by atoms with Gasteiger partial charge in [0.05, 0.1) is 0 Å². The molecule has 0 fully saturated rings. The van der Waals surface area contributed by atoms with Gasteiger partial charge in [-0.25, -0.2) is 0 Å². The molecule has 0 radical (unpaired) electrons. The van der Waals surface area contributed by atoms with Gasteiger partial charge in [0.2, 0.25) is 0 Å². The summed E-state index contributed by atoms with van der Waals surface area (Å²) in [6, 6.07) is 13.1. The summed E-state index contributed by atoms with van der Waals surface area (Å²) in [5, 5.41) is 0.643. The first-order valence-corrected chi connectivity index (χ1v) is 7.13. The average molecular weight is 337 g/mol. The van der Waals surface area contributed by atoms with Crippen LogP contribution in [-0.2, 0) is 13.1 Å². The number of rotatable bonds is 1. The third kappa shape index (κ3) is 2.40. The molecule has 1 heterocycles. The smallest absolute Gasteiger partial charge is 0.254 e. The third-order valence-corrected chi connectivity index (χ3v) is 4.30. The minimum atomic E-state index is 0.0415. The Kier molecular flexibility index (Phi) is 3.33. The molecule has 0 spiro atoms. The van der Waals surface area contributed by atoms with Crippen LogP contribution in [0.25, 0.3) is 0 Å². The fraction of sp³-hybridized carbons (Fsp3) is 0.133. The molecule has 0 bridgehead atoms. The molecular formula is C15H11BrClNO. The van der Waals surface area contributed by atoms with Gasteiger partial charge in [-0.2, -0.15) is 0 Å². The molecular weight excluding hydrogens is 326 g/mol. The highest BCUT2D eigenvalue weighted by Crippen LogP contribution is 2.30. The van der Waals surface area contributed by atoms with Crippen LogP contribution in [0.4, 0.5) is 0 Å². The monoisotopic (exact) mass is 335 g/mol. The molecule has 2 nitrogen and oxygen atoms in total. The zero-order chi connectivity index (χ0) is 13.4. The van der Waals surface area contributed by atoms with Gasteiger partial charge in [0.15, 0.2) is 0 Å². The summed E-state index contributed by atoms with van der Waals surface area (Å²) in [5.74, 6) is 0.0415. The zero-order valence-corrected chi connectivity index (χ0v) is 12.4. The SMILES string of the molecule is O=C(c1ccc(Cl)cc1)N1Cc2cccc(Br)c2C1. The van der Waals surface area contributed by atoms with Gasteiger partial charge in [0.1, 0.15) is 0 Å². The summed E-state index contributed by atoms with van der Waals surface area (Å²) >= 11 is 9.37. The molecule has 0 unspecified atom stereocenters. The van der Waals surface area contributed by atoms with Crippen molar-refractivity contribution in [1.29, 1.82) is 0 Å². The summed E-state index contributed by atoms with van der Waals surface area (Å²) in [4.78, 5) is 14.3. The minimum absolute atomic E-state index is 0.0415. The molecule has 0 atom stereocenters. The van der Waals surface area contributed by atoms with Crippen molar-refractivity contribution in [2.24, 2.45) is 0 Å². The van der Waals surface area contributed by atoms with E-state index in [1.807, 2.05) is 17.0 Å². The quantitative estimate of drug-likeness (QED) is 0.762. The Morgan fingerprint density at radius 3 is 2.53 bits per heavy atom. The van der Waals surface area contributed by atoms with E-state index in [1.54, 1.807) is 24.3 Å². The summed E-state index contributed by atoms with van der Waals surface area (Å²) in [6.45, 7) is 1.31. The second kappa shape index (κ2) is 4.99. The Bertz CT molecular complexity index is 639. The summed E-state index contributed by atoms with van der Waals surface area (Å²) in [5.41, 5.74) is 3.08. The number of hydrogen-bond acceptors (Lipinski definition) is 1. The molecule has 1 amide bonds. The standard InChI is InChI=1S/C15H11BrClNO/c16-14-3-1-2-11-8-18(9-13(11)14)15(19)10-4-6-12(17)7-5-10/h1-7H,8-9H2. The minimum Gasteiger partial charge on any atom is -0.330 e. The topological polar surface area (TPSA) is 20.3 Å². The molecule has 0 aromatic heterocycles. The Morgan fingerprint density at radius 2 is 1.84 bits per heavy atom. The number of amides is 1. The van der Waals surface area contributed by atoms with Gasteiger partial charge in [-0.1, -0.05) is 39.7 Å². The molecule has 0 saturated heterocycles. The Labute approximate surface area is 125 Å². The number of benzene rings is 2. The highest BCUT2D eigenvalue weighted by molar-refractivity contribution is 9.10. The molecule has 3 rings (SSSR count). The van der Waals surface area contributed by atoms with Crippen molar-refractivity contribution in [2.45, 2.75) is 13.1 Å². The fourth-order valence-corrected chi connectivity index (χ4v) is 2.96. The number of nitrogens with zero attached hydrogens (tertiary/aromatic N) is 1. The van der Waals surface area contributed by atoms with Crippen LogP contribution in [0.1, 0.15) is 21.5 Å². The first-order chi connectivity index (χ1) is 9.15. The summed E-state index contributed by atoms with van der Waals surface area (Å²) in [6.07, 6.45) is 0. The molecule has 1 aliphatic heterocycles. The molecule has 1 aliphatic rings. The van der Waals surface area contributed by atoms with E-state index in [4.69, 9.17) is 11.6 Å². The number of fused-ring (bicyclic) bond motifs is 1. The lowest BCUT2D eigenvalue weighted by Crippen LogP contribution is -2.25. The molecule has 96 valence electrons. The van der Waals surface area contributed by atoms with E-state index in [0.717, 1.165) is 4.47 Å². The number of carbonyl (C=O) groups is 1. The molecule has 0 saturated carbocycles. The Hall–Kier alpha value is -1.32. The predicted octanol–water partition coefficient (Wildman–Crippen LogP) is 4.26. The van der Waals surface area contributed by atoms with Crippen molar-refractivity contribution in [2.75, 3.05) is 0 Å². The second-order valence-electron chi connectivity index (χ2n) is 4.55.